The second kappa shape index (κ2) is 5.42. The Morgan fingerprint density at radius 2 is 1.71 bits per heavy atom. The van der Waals surface area contributed by atoms with E-state index in [1.807, 2.05) is 0 Å². The summed E-state index contributed by atoms with van der Waals surface area (Å²) in [5.74, 6) is 0. The molecule has 0 atom stereocenters. The standard InChI is InChI=1S/C8H5ClF3NO6S2/c9-6-2-1-5(3-7(6)13(14)15)20(16,17)4-21(18,19)8(10,11)12/h1-3H,4H2. The summed E-state index contributed by atoms with van der Waals surface area (Å²) in [4.78, 5) is 8.57. The molecule has 1 aromatic carbocycles. The summed E-state index contributed by atoms with van der Waals surface area (Å²) in [6, 6.07) is 1.84. The molecule has 1 rings (SSSR count). The van der Waals surface area contributed by atoms with Gasteiger partial charge in [0.05, 0.1) is 9.82 Å². The van der Waals surface area contributed by atoms with E-state index in [0.717, 1.165) is 6.07 Å². The molecule has 0 heterocycles. The molecule has 0 aliphatic carbocycles. The van der Waals surface area contributed by atoms with E-state index < -0.39 is 50.8 Å². The molecule has 1 aromatic rings. The Bertz CT molecular complexity index is 787. The summed E-state index contributed by atoms with van der Waals surface area (Å²) in [6.45, 7) is 0. The second-order valence-electron chi connectivity index (χ2n) is 3.66. The molecule has 0 aromatic heterocycles. The van der Waals surface area contributed by atoms with Crippen molar-refractivity contribution in [1.82, 2.24) is 0 Å². The zero-order valence-electron chi connectivity index (χ0n) is 9.66. The third-order valence-electron chi connectivity index (χ3n) is 2.14. The van der Waals surface area contributed by atoms with Crippen LogP contribution >= 0.6 is 11.6 Å². The number of rotatable bonds is 4. The lowest BCUT2D eigenvalue weighted by molar-refractivity contribution is -0.384. The number of nitro benzene ring substituents is 1. The molecule has 0 saturated carbocycles. The van der Waals surface area contributed by atoms with Crippen LogP contribution in [0.1, 0.15) is 0 Å². The first-order valence-corrected chi connectivity index (χ1v) is 8.42. The molecule has 13 heteroatoms. The predicted octanol–water partition coefficient (Wildman–Crippen LogP) is 1.91. The van der Waals surface area contributed by atoms with Gasteiger partial charge in [0.15, 0.2) is 14.9 Å². The first kappa shape index (κ1) is 17.7. The van der Waals surface area contributed by atoms with Crippen LogP contribution in [0.15, 0.2) is 23.1 Å². The average molecular weight is 368 g/mol. The number of sulfone groups is 2. The molecule has 0 amide bonds. The number of hydrogen-bond acceptors (Lipinski definition) is 6. The van der Waals surface area contributed by atoms with E-state index in [0.29, 0.717) is 12.1 Å². The van der Waals surface area contributed by atoms with Gasteiger partial charge in [-0.2, -0.15) is 13.2 Å². The largest absolute Gasteiger partial charge is 0.498 e. The van der Waals surface area contributed by atoms with Crippen LogP contribution in [-0.2, 0) is 19.7 Å². The van der Waals surface area contributed by atoms with Gasteiger partial charge in [0.25, 0.3) is 15.5 Å². The molecule has 0 unspecified atom stereocenters. The quantitative estimate of drug-likeness (QED) is 0.593. The number of nitrogens with zero attached hydrogens (tertiary/aromatic N) is 1. The first-order chi connectivity index (χ1) is 9.28. The highest BCUT2D eigenvalue weighted by Crippen LogP contribution is 2.30. The van der Waals surface area contributed by atoms with Crippen molar-refractivity contribution in [3.05, 3.63) is 33.3 Å². The Morgan fingerprint density at radius 1 is 1.19 bits per heavy atom. The van der Waals surface area contributed by atoms with Crippen LogP contribution in [0.3, 0.4) is 0 Å². The van der Waals surface area contributed by atoms with Gasteiger partial charge in [-0.15, -0.1) is 0 Å². The molecule has 0 radical (unpaired) electrons. The van der Waals surface area contributed by atoms with Gasteiger partial charge >= 0.3 is 5.51 Å². The third kappa shape index (κ3) is 3.83. The molecule has 118 valence electrons. The lowest BCUT2D eigenvalue weighted by Gasteiger charge is -2.09. The van der Waals surface area contributed by atoms with Crippen molar-refractivity contribution in [2.24, 2.45) is 0 Å². The van der Waals surface area contributed by atoms with Crippen molar-refractivity contribution in [3.8, 4) is 0 Å². The highest BCUT2D eigenvalue weighted by atomic mass is 35.5. The van der Waals surface area contributed by atoms with Gasteiger partial charge in [0.2, 0.25) is 0 Å². The van der Waals surface area contributed by atoms with Gasteiger partial charge in [-0.25, -0.2) is 16.8 Å². The monoisotopic (exact) mass is 367 g/mol. The van der Waals surface area contributed by atoms with Crippen molar-refractivity contribution >= 4 is 37.0 Å². The number of halogens is 4. The zero-order valence-corrected chi connectivity index (χ0v) is 12.1. The van der Waals surface area contributed by atoms with E-state index >= 15 is 0 Å². The Morgan fingerprint density at radius 3 is 2.14 bits per heavy atom. The maximum Gasteiger partial charge on any atom is 0.498 e. The van der Waals surface area contributed by atoms with Gasteiger partial charge in [0.1, 0.15) is 5.02 Å². The van der Waals surface area contributed by atoms with Crippen LogP contribution in [0.2, 0.25) is 5.02 Å². The summed E-state index contributed by atoms with van der Waals surface area (Å²) < 4.78 is 81.5. The molecule has 0 aliphatic rings. The van der Waals surface area contributed by atoms with Gasteiger partial charge in [-0.3, -0.25) is 10.1 Å². The minimum absolute atomic E-state index is 0.392. The summed E-state index contributed by atoms with van der Waals surface area (Å²) in [5.41, 5.74) is -6.62. The molecular formula is C8H5ClF3NO6S2. The van der Waals surface area contributed by atoms with E-state index in [9.17, 15) is 40.1 Å². The maximum absolute atomic E-state index is 12.2. The Labute approximate surface area is 121 Å². The molecule has 0 saturated heterocycles. The van der Waals surface area contributed by atoms with E-state index in [1.165, 1.54) is 0 Å². The lowest BCUT2D eigenvalue weighted by Crippen LogP contribution is -2.30. The summed E-state index contributed by atoms with van der Waals surface area (Å²) in [5, 5.41) is 7.88. The molecule has 0 spiro atoms. The first-order valence-electron chi connectivity index (χ1n) is 4.73. The van der Waals surface area contributed by atoms with Gasteiger partial charge in [0, 0.05) is 6.07 Å². The summed E-state index contributed by atoms with van der Waals surface area (Å²) >= 11 is 5.41. The normalized spacial score (nSPS) is 13.1. The van der Waals surface area contributed by atoms with Crippen molar-refractivity contribution < 1.29 is 34.9 Å². The minimum atomic E-state index is -5.94. The van der Waals surface area contributed by atoms with Crippen LogP contribution in [0, 0.1) is 10.1 Å². The Kier molecular flexibility index (Phi) is 4.56. The fourth-order valence-electron chi connectivity index (χ4n) is 1.16. The van der Waals surface area contributed by atoms with Crippen LogP contribution in [0.25, 0.3) is 0 Å². The van der Waals surface area contributed by atoms with E-state index in [2.05, 4.69) is 0 Å². The zero-order chi connectivity index (χ0) is 16.6. The fourth-order valence-corrected chi connectivity index (χ4v) is 4.63. The molecule has 0 N–H and O–H groups in total. The molecular weight excluding hydrogens is 363 g/mol. The maximum atomic E-state index is 12.2. The van der Waals surface area contributed by atoms with Crippen molar-refractivity contribution in [3.63, 3.8) is 0 Å². The van der Waals surface area contributed by atoms with Gasteiger partial charge in [-0.05, 0) is 12.1 Å². The summed E-state index contributed by atoms with van der Waals surface area (Å²) in [6.07, 6.45) is 0. The van der Waals surface area contributed by atoms with E-state index in [1.54, 1.807) is 0 Å². The van der Waals surface area contributed by atoms with Gasteiger partial charge < -0.3 is 0 Å². The summed E-state index contributed by atoms with van der Waals surface area (Å²) in [7, 11) is -10.9. The number of nitro groups is 1. The highest BCUT2D eigenvalue weighted by molar-refractivity contribution is 8.08. The second-order valence-corrected chi connectivity index (χ2v) is 8.41. The number of benzene rings is 1. The highest BCUT2D eigenvalue weighted by Gasteiger charge is 2.48. The van der Waals surface area contributed by atoms with Crippen LogP contribution in [0.4, 0.5) is 18.9 Å². The predicted molar refractivity (Wildman–Crippen MR) is 65.1 cm³/mol. The fraction of sp³-hybridized carbons (Fsp3) is 0.250. The average Bonchev–Trinajstić information content (AvgIpc) is 2.25. The van der Waals surface area contributed by atoms with Crippen molar-refractivity contribution in [2.45, 2.75) is 10.4 Å². The lowest BCUT2D eigenvalue weighted by atomic mass is 10.3. The Balaban J connectivity index is 3.34. The van der Waals surface area contributed by atoms with Crippen LogP contribution < -0.4 is 0 Å². The van der Waals surface area contributed by atoms with Gasteiger partial charge in [-0.1, -0.05) is 11.6 Å². The van der Waals surface area contributed by atoms with E-state index in [4.69, 9.17) is 11.6 Å². The molecule has 21 heavy (non-hydrogen) atoms. The number of alkyl halides is 3. The molecule has 0 bridgehead atoms. The van der Waals surface area contributed by atoms with Crippen LogP contribution in [-0.4, -0.2) is 32.4 Å². The SMILES string of the molecule is O=[N+]([O-])c1cc(S(=O)(=O)CS(=O)(=O)C(F)(F)F)ccc1Cl. The number of hydrogen-bond donors (Lipinski definition) is 0. The molecule has 0 fully saturated rings. The topological polar surface area (TPSA) is 111 Å². The van der Waals surface area contributed by atoms with Crippen molar-refractivity contribution in [1.29, 1.82) is 0 Å². The minimum Gasteiger partial charge on any atom is -0.258 e. The van der Waals surface area contributed by atoms with Crippen LogP contribution in [0.5, 0.6) is 0 Å². The Hall–Kier alpha value is -1.40. The van der Waals surface area contributed by atoms with E-state index in [-0.39, 0.29) is 0 Å². The smallest absolute Gasteiger partial charge is 0.258 e. The third-order valence-corrected chi connectivity index (χ3v) is 6.62. The molecule has 0 aliphatic heterocycles. The molecule has 7 nitrogen and oxygen atoms in total. The van der Waals surface area contributed by atoms with Crippen molar-refractivity contribution in [2.75, 3.05) is 5.08 Å².